The first kappa shape index (κ1) is 17.1. The SMILES string of the molecule is O=c1[nH]c2ccccc2n1C1=CCN(S(=O)(=O)c2ccccc2Cl)CC1. The largest absolute Gasteiger partial charge is 0.330 e. The number of nitrogens with one attached hydrogen (secondary N) is 1. The second-order valence-corrected chi connectivity index (χ2v) is 8.34. The van der Waals surface area contributed by atoms with Crippen LogP contribution in [0.4, 0.5) is 0 Å². The summed E-state index contributed by atoms with van der Waals surface area (Å²) in [4.78, 5) is 15.2. The van der Waals surface area contributed by atoms with Crippen LogP contribution in [-0.4, -0.2) is 35.4 Å². The Balaban J connectivity index is 1.68. The number of hydrogen-bond acceptors (Lipinski definition) is 3. The Labute approximate surface area is 155 Å². The monoisotopic (exact) mass is 389 g/mol. The van der Waals surface area contributed by atoms with Crippen LogP contribution in [0.3, 0.4) is 0 Å². The first-order valence-electron chi connectivity index (χ1n) is 8.12. The average molecular weight is 390 g/mol. The number of halogens is 1. The lowest BCUT2D eigenvalue weighted by Gasteiger charge is -2.26. The lowest BCUT2D eigenvalue weighted by Crippen LogP contribution is -2.36. The minimum absolute atomic E-state index is 0.0998. The van der Waals surface area contributed by atoms with E-state index in [4.69, 9.17) is 11.6 Å². The zero-order valence-electron chi connectivity index (χ0n) is 13.7. The van der Waals surface area contributed by atoms with E-state index in [1.54, 1.807) is 28.8 Å². The van der Waals surface area contributed by atoms with Crippen molar-refractivity contribution in [2.45, 2.75) is 11.3 Å². The van der Waals surface area contributed by atoms with Crippen LogP contribution in [0.2, 0.25) is 5.02 Å². The van der Waals surface area contributed by atoms with Gasteiger partial charge in [-0.05, 0) is 30.3 Å². The van der Waals surface area contributed by atoms with Crippen molar-refractivity contribution in [2.75, 3.05) is 13.1 Å². The standard InChI is InChI=1S/C18H16ClN3O3S/c19-14-5-1-4-8-17(14)26(24,25)21-11-9-13(10-12-21)22-16-7-3-2-6-15(16)20-18(22)23/h1-9H,10-12H2,(H,20,23). The Morgan fingerprint density at radius 2 is 1.77 bits per heavy atom. The number of rotatable bonds is 3. The van der Waals surface area contributed by atoms with E-state index in [2.05, 4.69) is 4.98 Å². The van der Waals surface area contributed by atoms with Crippen molar-refractivity contribution < 1.29 is 8.42 Å². The van der Waals surface area contributed by atoms with Crippen molar-refractivity contribution >= 4 is 38.4 Å². The maximum atomic E-state index is 12.8. The zero-order chi connectivity index (χ0) is 18.3. The normalized spacial score (nSPS) is 16.0. The molecule has 26 heavy (non-hydrogen) atoms. The molecule has 3 aromatic rings. The van der Waals surface area contributed by atoms with Crippen molar-refractivity contribution in [1.82, 2.24) is 13.9 Å². The number of aromatic amines is 1. The number of imidazole rings is 1. The first-order chi connectivity index (χ1) is 12.5. The molecule has 0 saturated heterocycles. The Morgan fingerprint density at radius 1 is 1.04 bits per heavy atom. The Hall–Kier alpha value is -2.35. The molecule has 0 atom stereocenters. The highest BCUT2D eigenvalue weighted by Crippen LogP contribution is 2.27. The van der Waals surface area contributed by atoms with E-state index in [0.29, 0.717) is 6.42 Å². The van der Waals surface area contributed by atoms with Gasteiger partial charge in [0.25, 0.3) is 0 Å². The number of aromatic nitrogens is 2. The van der Waals surface area contributed by atoms with E-state index in [1.165, 1.54) is 10.4 Å². The fourth-order valence-electron chi connectivity index (χ4n) is 3.19. The van der Waals surface area contributed by atoms with E-state index in [9.17, 15) is 13.2 Å². The lowest BCUT2D eigenvalue weighted by molar-refractivity contribution is 0.438. The second kappa shape index (κ2) is 6.42. The number of fused-ring (bicyclic) bond motifs is 1. The number of benzene rings is 2. The van der Waals surface area contributed by atoms with Gasteiger partial charge in [-0.15, -0.1) is 0 Å². The summed E-state index contributed by atoms with van der Waals surface area (Å²) >= 11 is 6.05. The van der Waals surface area contributed by atoms with Gasteiger partial charge in [0.15, 0.2) is 0 Å². The summed E-state index contributed by atoms with van der Waals surface area (Å²) in [5, 5.41) is 0.204. The molecule has 2 aromatic carbocycles. The number of H-pyrrole nitrogens is 1. The quantitative estimate of drug-likeness (QED) is 0.748. The topological polar surface area (TPSA) is 75.2 Å². The van der Waals surface area contributed by atoms with Gasteiger partial charge in [-0.3, -0.25) is 4.57 Å². The maximum absolute atomic E-state index is 12.8. The molecule has 0 radical (unpaired) electrons. The maximum Gasteiger partial charge on any atom is 0.330 e. The highest BCUT2D eigenvalue weighted by atomic mass is 35.5. The van der Waals surface area contributed by atoms with Gasteiger partial charge in [0.05, 0.1) is 16.1 Å². The molecule has 0 saturated carbocycles. The van der Waals surface area contributed by atoms with E-state index in [-0.39, 0.29) is 28.7 Å². The predicted molar refractivity (Wildman–Crippen MR) is 102 cm³/mol. The molecule has 1 N–H and O–H groups in total. The van der Waals surface area contributed by atoms with Gasteiger partial charge in [-0.25, -0.2) is 13.2 Å². The van der Waals surface area contributed by atoms with Gasteiger partial charge in [-0.1, -0.05) is 35.9 Å². The van der Waals surface area contributed by atoms with Crippen LogP contribution in [0.15, 0.2) is 64.3 Å². The third kappa shape index (κ3) is 2.78. The molecule has 2 heterocycles. The highest BCUT2D eigenvalue weighted by molar-refractivity contribution is 7.89. The number of nitrogens with zero attached hydrogens (tertiary/aromatic N) is 2. The zero-order valence-corrected chi connectivity index (χ0v) is 15.3. The van der Waals surface area contributed by atoms with Crippen LogP contribution in [0, 0.1) is 0 Å². The molecular formula is C18H16ClN3O3S. The van der Waals surface area contributed by atoms with E-state index in [0.717, 1.165) is 16.7 Å². The van der Waals surface area contributed by atoms with Crippen molar-refractivity contribution in [2.24, 2.45) is 0 Å². The van der Waals surface area contributed by atoms with Crippen LogP contribution in [0.5, 0.6) is 0 Å². The minimum Gasteiger partial charge on any atom is -0.305 e. The van der Waals surface area contributed by atoms with Gasteiger partial charge in [-0.2, -0.15) is 4.31 Å². The third-order valence-electron chi connectivity index (χ3n) is 4.48. The smallest absolute Gasteiger partial charge is 0.305 e. The van der Waals surface area contributed by atoms with Crippen molar-refractivity contribution in [3.8, 4) is 0 Å². The van der Waals surface area contributed by atoms with E-state index >= 15 is 0 Å². The summed E-state index contributed by atoms with van der Waals surface area (Å²) in [6, 6.07) is 13.8. The molecule has 4 rings (SSSR count). The molecule has 8 heteroatoms. The number of hydrogen-bond donors (Lipinski definition) is 1. The molecule has 0 amide bonds. The van der Waals surface area contributed by atoms with Crippen molar-refractivity contribution in [3.05, 3.63) is 70.1 Å². The van der Waals surface area contributed by atoms with E-state index < -0.39 is 10.0 Å². The molecule has 0 spiro atoms. The molecule has 0 fully saturated rings. The summed E-state index contributed by atoms with van der Waals surface area (Å²) < 4.78 is 28.6. The third-order valence-corrected chi connectivity index (χ3v) is 6.84. The van der Waals surface area contributed by atoms with Gasteiger partial charge in [0.2, 0.25) is 10.0 Å². The van der Waals surface area contributed by atoms with Gasteiger partial charge in [0.1, 0.15) is 4.90 Å². The Morgan fingerprint density at radius 3 is 2.50 bits per heavy atom. The Bertz CT molecular complexity index is 1180. The van der Waals surface area contributed by atoms with Crippen molar-refractivity contribution in [1.29, 1.82) is 0 Å². The predicted octanol–water partition coefficient (Wildman–Crippen LogP) is 2.92. The molecule has 1 aliphatic rings. The highest BCUT2D eigenvalue weighted by Gasteiger charge is 2.28. The molecule has 0 bridgehead atoms. The fourth-order valence-corrected chi connectivity index (χ4v) is 5.07. The van der Waals surface area contributed by atoms with Crippen LogP contribution >= 0.6 is 11.6 Å². The molecular weight excluding hydrogens is 374 g/mol. The first-order valence-corrected chi connectivity index (χ1v) is 9.94. The summed E-state index contributed by atoms with van der Waals surface area (Å²) in [7, 11) is -3.68. The van der Waals surface area contributed by atoms with Gasteiger partial charge >= 0.3 is 5.69 Å². The minimum atomic E-state index is -3.68. The lowest BCUT2D eigenvalue weighted by atomic mass is 10.2. The van der Waals surface area contributed by atoms with Crippen molar-refractivity contribution in [3.63, 3.8) is 0 Å². The van der Waals surface area contributed by atoms with Crippen LogP contribution in [0.25, 0.3) is 16.7 Å². The summed E-state index contributed by atoms with van der Waals surface area (Å²) in [5.74, 6) is 0. The van der Waals surface area contributed by atoms with Crippen LogP contribution in [0.1, 0.15) is 6.42 Å². The molecule has 1 aromatic heterocycles. The van der Waals surface area contributed by atoms with Gasteiger partial charge in [0, 0.05) is 25.2 Å². The second-order valence-electron chi connectivity index (χ2n) is 6.02. The molecule has 134 valence electrons. The number of sulfonamides is 1. The molecule has 1 aliphatic heterocycles. The fraction of sp³-hybridized carbons (Fsp3) is 0.167. The Kier molecular flexibility index (Phi) is 4.22. The number of para-hydroxylation sites is 2. The van der Waals surface area contributed by atoms with Crippen LogP contribution < -0.4 is 5.69 Å². The summed E-state index contributed by atoms with van der Waals surface area (Å²) in [5.41, 5.74) is 2.11. The van der Waals surface area contributed by atoms with Crippen LogP contribution in [-0.2, 0) is 10.0 Å². The average Bonchev–Trinajstić information content (AvgIpc) is 2.98. The van der Waals surface area contributed by atoms with Gasteiger partial charge < -0.3 is 4.98 Å². The molecule has 6 nitrogen and oxygen atoms in total. The molecule has 0 unspecified atom stereocenters. The summed E-state index contributed by atoms with van der Waals surface area (Å²) in [6.45, 7) is 0.472. The summed E-state index contributed by atoms with van der Waals surface area (Å²) in [6.07, 6.45) is 2.21. The molecule has 0 aliphatic carbocycles. The van der Waals surface area contributed by atoms with E-state index in [1.807, 2.05) is 24.3 Å².